The molecule has 0 fully saturated rings. The van der Waals surface area contributed by atoms with E-state index >= 15 is 0 Å². The van der Waals surface area contributed by atoms with Gasteiger partial charge >= 0.3 is 0 Å². The summed E-state index contributed by atoms with van der Waals surface area (Å²) in [4.78, 5) is 4.01. The molecule has 0 radical (unpaired) electrons. The normalized spacial score (nSPS) is 10.0. The number of rotatable bonds is 3. The quantitative estimate of drug-likeness (QED) is 0.478. The molecule has 0 aliphatic carbocycles. The molecule has 0 saturated heterocycles. The van der Waals surface area contributed by atoms with Crippen LogP contribution >= 0.6 is 0 Å². The Balaban J connectivity index is 2.48. The maximum Gasteiger partial charge on any atom is 0.141 e. The molecule has 1 heterocycles. The number of pyridine rings is 1. The Morgan fingerprint density at radius 2 is 1.67 bits per heavy atom. The van der Waals surface area contributed by atoms with Crippen LogP contribution in [-0.2, 0) is 0 Å². The Morgan fingerprint density at radius 3 is 2.33 bits per heavy atom. The summed E-state index contributed by atoms with van der Waals surface area (Å²) in [6.45, 7) is 0. The minimum Gasteiger partial charge on any atom is -0.384 e. The van der Waals surface area contributed by atoms with Crippen molar-refractivity contribution in [2.75, 3.05) is 0 Å². The molecule has 0 aliphatic heterocycles. The summed E-state index contributed by atoms with van der Waals surface area (Å²) in [5.41, 5.74) is 13.8. The molecule has 1 aromatic carbocycles. The van der Waals surface area contributed by atoms with Gasteiger partial charge in [0, 0.05) is 11.8 Å². The van der Waals surface area contributed by atoms with E-state index in [4.69, 9.17) is 22.3 Å². The third kappa shape index (κ3) is 2.35. The third-order valence-corrected chi connectivity index (χ3v) is 2.54. The van der Waals surface area contributed by atoms with Gasteiger partial charge in [0.1, 0.15) is 17.4 Å². The van der Waals surface area contributed by atoms with Crippen LogP contribution in [0.5, 0.6) is 0 Å². The van der Waals surface area contributed by atoms with E-state index in [-0.39, 0.29) is 11.7 Å². The molecule has 6 N–H and O–H groups in total. The number of hydrogen-bond acceptors (Lipinski definition) is 3. The van der Waals surface area contributed by atoms with Crippen molar-refractivity contribution in [1.29, 1.82) is 10.8 Å². The zero-order valence-corrected chi connectivity index (χ0v) is 9.64. The summed E-state index contributed by atoms with van der Waals surface area (Å²) in [5.74, 6) is -0.0442. The molecule has 0 saturated carbocycles. The second-order valence-electron chi connectivity index (χ2n) is 3.84. The van der Waals surface area contributed by atoms with E-state index in [2.05, 4.69) is 4.98 Å². The standard InChI is InChI=1S/C13H13N5/c14-12(15)10-3-1-2-8(6-10)9-4-5-18-11(7-9)13(16)17/h1-7H,(H3,14,15)(H3,16,17). The molecule has 0 bridgehead atoms. The zero-order valence-electron chi connectivity index (χ0n) is 9.64. The summed E-state index contributed by atoms with van der Waals surface area (Å²) < 4.78 is 0. The zero-order chi connectivity index (χ0) is 13.1. The summed E-state index contributed by atoms with van der Waals surface area (Å²) in [7, 11) is 0. The van der Waals surface area contributed by atoms with Gasteiger partial charge in [-0.3, -0.25) is 15.8 Å². The topological polar surface area (TPSA) is 113 Å². The predicted molar refractivity (Wildman–Crippen MR) is 71.7 cm³/mol. The van der Waals surface area contributed by atoms with E-state index in [1.54, 1.807) is 18.3 Å². The van der Waals surface area contributed by atoms with Crippen molar-refractivity contribution in [3.63, 3.8) is 0 Å². The molecule has 0 atom stereocenters. The fourth-order valence-electron chi connectivity index (χ4n) is 1.62. The monoisotopic (exact) mass is 239 g/mol. The fraction of sp³-hybridized carbons (Fsp3) is 0. The number of amidine groups is 2. The number of benzene rings is 1. The predicted octanol–water partition coefficient (Wildman–Crippen LogP) is 1.32. The van der Waals surface area contributed by atoms with Crippen LogP contribution in [0.2, 0.25) is 0 Å². The lowest BCUT2D eigenvalue weighted by Crippen LogP contribution is -2.13. The first-order valence-electron chi connectivity index (χ1n) is 5.33. The van der Waals surface area contributed by atoms with Crippen molar-refractivity contribution < 1.29 is 0 Å². The Labute approximate surface area is 104 Å². The molecule has 2 rings (SSSR count). The van der Waals surface area contributed by atoms with Gasteiger partial charge in [0.25, 0.3) is 0 Å². The van der Waals surface area contributed by atoms with Crippen LogP contribution < -0.4 is 11.5 Å². The van der Waals surface area contributed by atoms with Crippen molar-refractivity contribution in [2.24, 2.45) is 11.5 Å². The number of nitrogens with one attached hydrogen (secondary N) is 2. The van der Waals surface area contributed by atoms with Gasteiger partial charge in [-0.1, -0.05) is 18.2 Å². The lowest BCUT2D eigenvalue weighted by atomic mass is 10.0. The van der Waals surface area contributed by atoms with Gasteiger partial charge in [-0.2, -0.15) is 0 Å². The van der Waals surface area contributed by atoms with E-state index in [0.717, 1.165) is 11.1 Å². The van der Waals surface area contributed by atoms with Crippen LogP contribution in [0.15, 0.2) is 42.6 Å². The molecular formula is C13H13N5. The SMILES string of the molecule is N=C(N)c1cccc(-c2ccnc(C(=N)N)c2)c1. The molecule has 0 spiro atoms. The highest BCUT2D eigenvalue weighted by molar-refractivity contribution is 5.97. The van der Waals surface area contributed by atoms with Crippen molar-refractivity contribution >= 4 is 11.7 Å². The van der Waals surface area contributed by atoms with E-state index in [1.165, 1.54) is 0 Å². The van der Waals surface area contributed by atoms with Gasteiger partial charge in [-0.15, -0.1) is 0 Å². The molecular weight excluding hydrogens is 226 g/mol. The molecule has 5 heteroatoms. The van der Waals surface area contributed by atoms with Gasteiger partial charge in [0.15, 0.2) is 0 Å². The first-order valence-corrected chi connectivity index (χ1v) is 5.33. The minimum absolute atomic E-state index is 0.0256. The highest BCUT2D eigenvalue weighted by atomic mass is 14.8. The molecule has 18 heavy (non-hydrogen) atoms. The van der Waals surface area contributed by atoms with Crippen molar-refractivity contribution in [1.82, 2.24) is 4.98 Å². The fourth-order valence-corrected chi connectivity index (χ4v) is 1.62. The van der Waals surface area contributed by atoms with E-state index in [1.807, 2.05) is 24.3 Å². The number of aromatic nitrogens is 1. The molecule has 0 amide bonds. The number of nitrogens with two attached hydrogens (primary N) is 2. The van der Waals surface area contributed by atoms with Crippen molar-refractivity contribution in [3.8, 4) is 11.1 Å². The number of nitrogens with zero attached hydrogens (tertiary/aromatic N) is 1. The first-order chi connectivity index (χ1) is 8.58. The molecule has 0 unspecified atom stereocenters. The van der Waals surface area contributed by atoms with E-state index in [0.29, 0.717) is 11.3 Å². The largest absolute Gasteiger partial charge is 0.384 e. The van der Waals surface area contributed by atoms with E-state index < -0.39 is 0 Å². The van der Waals surface area contributed by atoms with Crippen LogP contribution in [0.4, 0.5) is 0 Å². The third-order valence-electron chi connectivity index (χ3n) is 2.54. The van der Waals surface area contributed by atoms with E-state index in [9.17, 15) is 0 Å². The highest BCUT2D eigenvalue weighted by Gasteiger charge is 2.04. The Hall–Kier alpha value is -2.69. The summed E-state index contributed by atoms with van der Waals surface area (Å²) in [6, 6.07) is 10.9. The van der Waals surface area contributed by atoms with Gasteiger partial charge in [0.05, 0.1) is 0 Å². The summed E-state index contributed by atoms with van der Waals surface area (Å²) in [5, 5.41) is 14.8. The van der Waals surface area contributed by atoms with Crippen LogP contribution in [0.3, 0.4) is 0 Å². The molecule has 90 valence electrons. The maximum atomic E-state index is 7.42. The van der Waals surface area contributed by atoms with Gasteiger partial charge in [-0.05, 0) is 29.3 Å². The minimum atomic E-state index is -0.0698. The number of nitrogen functional groups attached to an aromatic ring is 2. The molecule has 2 aromatic rings. The lowest BCUT2D eigenvalue weighted by molar-refractivity contribution is 1.26. The van der Waals surface area contributed by atoms with Gasteiger partial charge in [0.2, 0.25) is 0 Å². The van der Waals surface area contributed by atoms with Crippen LogP contribution in [0, 0.1) is 10.8 Å². The first kappa shape index (κ1) is 11.8. The summed E-state index contributed by atoms with van der Waals surface area (Å²) >= 11 is 0. The number of hydrogen-bond donors (Lipinski definition) is 4. The average Bonchev–Trinajstić information content (AvgIpc) is 2.39. The second-order valence-corrected chi connectivity index (χ2v) is 3.84. The van der Waals surface area contributed by atoms with Crippen LogP contribution in [-0.4, -0.2) is 16.7 Å². The van der Waals surface area contributed by atoms with Crippen LogP contribution in [0.25, 0.3) is 11.1 Å². The smallest absolute Gasteiger partial charge is 0.141 e. The lowest BCUT2D eigenvalue weighted by Gasteiger charge is -2.05. The molecule has 0 aliphatic rings. The van der Waals surface area contributed by atoms with Crippen molar-refractivity contribution in [3.05, 3.63) is 53.9 Å². The Bertz CT molecular complexity index is 563. The highest BCUT2D eigenvalue weighted by Crippen LogP contribution is 2.20. The average molecular weight is 239 g/mol. The second kappa shape index (κ2) is 4.67. The maximum absolute atomic E-state index is 7.42. The van der Waals surface area contributed by atoms with Crippen LogP contribution in [0.1, 0.15) is 11.3 Å². The Morgan fingerprint density at radius 1 is 0.944 bits per heavy atom. The van der Waals surface area contributed by atoms with Crippen molar-refractivity contribution in [2.45, 2.75) is 0 Å². The van der Waals surface area contributed by atoms with Gasteiger partial charge < -0.3 is 11.5 Å². The Kier molecular flexibility index (Phi) is 3.05. The summed E-state index contributed by atoms with van der Waals surface area (Å²) in [6.07, 6.45) is 1.60. The molecule has 1 aromatic heterocycles. The molecule has 5 nitrogen and oxygen atoms in total. The van der Waals surface area contributed by atoms with Gasteiger partial charge in [-0.25, -0.2) is 0 Å².